The third kappa shape index (κ3) is 38.4. The topological polar surface area (TPSA) is 290 Å². The Morgan fingerprint density at radius 3 is 1.42 bits per heavy atom. The zero-order valence-corrected chi connectivity index (χ0v) is 62.9. The van der Waals surface area contributed by atoms with Gasteiger partial charge in [-0.05, 0) is 69.9 Å². The summed E-state index contributed by atoms with van der Waals surface area (Å²) in [4.78, 5) is 115. The molecule has 9 N–H and O–H groups in total. The lowest BCUT2D eigenvalue weighted by atomic mass is 9.71. The largest absolute Gasteiger partial charge is 0.481 e. The Kier molecular flexibility index (Phi) is 46.6. The molecule has 5 unspecified atom stereocenters. The van der Waals surface area contributed by atoms with Crippen molar-refractivity contribution in [2.24, 2.45) is 28.1 Å². The summed E-state index contributed by atoms with van der Waals surface area (Å²) in [7, 11) is 0. The summed E-state index contributed by atoms with van der Waals surface area (Å²) in [5.41, 5.74) is -0.519. The van der Waals surface area contributed by atoms with Gasteiger partial charge in [0.2, 0.25) is 35.4 Å². The number of aliphatic carboxylic acids is 2. The van der Waals surface area contributed by atoms with Crippen LogP contribution in [0.3, 0.4) is 0 Å². The minimum Gasteiger partial charge on any atom is -0.481 e. The average molecular weight is 1390 g/mol. The zero-order chi connectivity index (χ0) is 73.3. The van der Waals surface area contributed by atoms with Crippen molar-refractivity contribution in [2.45, 2.75) is 306 Å². The Morgan fingerprint density at radius 1 is 0.495 bits per heavy atom. The lowest BCUT2D eigenvalue weighted by Gasteiger charge is -2.35. The van der Waals surface area contributed by atoms with E-state index in [0.29, 0.717) is 94.2 Å². The molecule has 0 aliphatic carbocycles. The number of benzene rings is 2. The van der Waals surface area contributed by atoms with Crippen LogP contribution in [0.2, 0.25) is 0 Å². The summed E-state index contributed by atoms with van der Waals surface area (Å²) >= 11 is 0. The predicted octanol–water partition coefficient (Wildman–Crippen LogP) is 14.9. The lowest BCUT2D eigenvalue weighted by Crippen LogP contribution is -2.47. The molecule has 1 heterocycles. The number of carbonyl (C=O) groups is 9. The Labute approximate surface area is 596 Å². The number of hydrogen-bond acceptors (Lipinski definition) is 11. The summed E-state index contributed by atoms with van der Waals surface area (Å²) in [6, 6.07) is 15.9. The van der Waals surface area contributed by atoms with Crippen LogP contribution in [0.15, 0.2) is 54.6 Å². The predicted molar refractivity (Wildman–Crippen MR) is 397 cm³/mol. The summed E-state index contributed by atoms with van der Waals surface area (Å²) in [6.45, 7) is 20.5. The van der Waals surface area contributed by atoms with Gasteiger partial charge in [0.05, 0.1) is 12.3 Å². The van der Waals surface area contributed by atoms with E-state index in [1.54, 1.807) is 36.4 Å². The maximum Gasteiger partial charge on any atom is 0.307 e. The Morgan fingerprint density at radius 2 is 0.949 bits per heavy atom. The third-order valence-electron chi connectivity index (χ3n) is 19.7. The van der Waals surface area contributed by atoms with Gasteiger partial charge in [-0.3, -0.25) is 48.5 Å². The van der Waals surface area contributed by atoms with Gasteiger partial charge in [-0.1, -0.05) is 271 Å². The van der Waals surface area contributed by atoms with Crippen LogP contribution in [0.4, 0.5) is 0 Å². The smallest absolute Gasteiger partial charge is 0.307 e. The number of aliphatic hydroxyl groups is 1. The van der Waals surface area contributed by atoms with Gasteiger partial charge in [-0.2, -0.15) is 0 Å². The first-order chi connectivity index (χ1) is 47.4. The molecular formula is C80H135N7O12. The molecule has 1 fully saturated rings. The van der Waals surface area contributed by atoms with E-state index in [-0.39, 0.29) is 73.2 Å². The minimum atomic E-state index is -0.995. The van der Waals surface area contributed by atoms with Gasteiger partial charge in [-0.25, -0.2) is 0 Å². The summed E-state index contributed by atoms with van der Waals surface area (Å²) in [5, 5.41) is 47.1. The van der Waals surface area contributed by atoms with Crippen molar-refractivity contribution in [3.63, 3.8) is 0 Å². The number of carboxylic acids is 2. The molecule has 1 aliphatic rings. The fourth-order valence-electron chi connectivity index (χ4n) is 13.2. The number of amides is 6. The molecule has 0 bridgehead atoms. The number of nitrogens with zero attached hydrogens (tertiary/aromatic N) is 1. The fourth-order valence-corrected chi connectivity index (χ4v) is 13.2. The van der Waals surface area contributed by atoms with Gasteiger partial charge >= 0.3 is 11.9 Å². The van der Waals surface area contributed by atoms with E-state index in [0.717, 1.165) is 57.9 Å². The molecule has 19 heteroatoms. The maximum absolute atomic E-state index is 13.4. The van der Waals surface area contributed by atoms with Crippen LogP contribution in [0.5, 0.6) is 0 Å². The summed E-state index contributed by atoms with van der Waals surface area (Å²) < 4.78 is 0. The zero-order valence-electron chi connectivity index (χ0n) is 62.9. The van der Waals surface area contributed by atoms with Crippen molar-refractivity contribution in [3.8, 4) is 0 Å². The van der Waals surface area contributed by atoms with Crippen molar-refractivity contribution in [1.82, 2.24) is 36.8 Å². The van der Waals surface area contributed by atoms with Crippen LogP contribution in [0.25, 0.3) is 0 Å². The van der Waals surface area contributed by atoms with E-state index in [1.807, 2.05) is 64.6 Å². The second-order valence-corrected chi connectivity index (χ2v) is 29.5. The second kappa shape index (κ2) is 51.9. The van der Waals surface area contributed by atoms with E-state index < -0.39 is 46.2 Å². The SMILES string of the molecule is CCCCCCCCCCCCCCC(CC(=O)NCCCNC(=O)C(C)(C)CC(CC)N1CCCC1=O)C(=O)O.CCCCCCCCCCCCCCC(CC(=O)O)C(=O)NCCNC(=O)C(C)(CC)CC(C)(C)C(=O)NCCCNC(O)c1ccc(C(=O)c2ccccc2)cc1. The standard InChI is InChI=1S/C47H74N4O7.C33H61N3O5/c1-6-8-9-10-11-12-13-14-15-16-17-19-25-39(34-40(52)53)43(56)49-32-33-51-45(58)47(5,7-2)35-46(3,4)44(57)50-31-22-30-48-42(55)38-28-26-37(27-29-38)41(54)36-23-20-18-21-24-36;1-5-7-8-9-10-11-12-13-14-15-16-17-20-27(31(39)40)25-29(37)34-22-19-23-35-32(41)33(3,4)26-28(6-2)36-24-18-21-30(36)38/h18,20-21,23-24,26-29,39,42,48,55H,6-17,19,22,25,30-35H2,1-5H3,(H,49,56)(H,50,57)(H,51,58)(H,52,53);27-28H,5-26H2,1-4H3,(H,34,37)(H,35,41)(H,39,40). The van der Waals surface area contributed by atoms with Crippen molar-refractivity contribution >= 4 is 53.2 Å². The van der Waals surface area contributed by atoms with E-state index in [9.17, 15) is 58.5 Å². The molecule has 2 aromatic rings. The van der Waals surface area contributed by atoms with Gasteiger partial charge < -0.3 is 46.8 Å². The first kappa shape index (κ1) is 88.9. The quantitative estimate of drug-likeness (QED) is 0.0169. The lowest BCUT2D eigenvalue weighted by molar-refractivity contribution is -0.144. The number of aliphatic hydroxyl groups excluding tert-OH is 1. The summed E-state index contributed by atoms with van der Waals surface area (Å²) in [6.07, 6.45) is 34.0. The van der Waals surface area contributed by atoms with Gasteiger partial charge in [0, 0.05) is 91.4 Å². The average Bonchev–Trinajstić information content (AvgIpc) is 1.42. The number of likely N-dealkylation sites (tertiary alicyclic amines) is 1. The first-order valence-electron chi connectivity index (χ1n) is 38.6. The monoisotopic (exact) mass is 1390 g/mol. The van der Waals surface area contributed by atoms with Gasteiger partial charge in [0.25, 0.3) is 0 Å². The number of hydrogen-bond donors (Lipinski definition) is 9. The number of carboxylic acid groups (broad SMARTS) is 2. The summed E-state index contributed by atoms with van der Waals surface area (Å²) in [5.74, 6) is -4.04. The third-order valence-corrected chi connectivity index (χ3v) is 19.7. The van der Waals surface area contributed by atoms with E-state index in [1.165, 1.54) is 116 Å². The van der Waals surface area contributed by atoms with Crippen molar-refractivity contribution in [2.75, 3.05) is 45.8 Å². The van der Waals surface area contributed by atoms with Crippen molar-refractivity contribution < 1.29 is 58.5 Å². The van der Waals surface area contributed by atoms with Crippen LogP contribution < -0.4 is 31.9 Å². The molecule has 1 aliphatic heterocycles. The molecule has 5 atom stereocenters. The Balaban J connectivity index is 0.000000715. The molecule has 562 valence electrons. The highest BCUT2D eigenvalue weighted by Gasteiger charge is 2.41. The van der Waals surface area contributed by atoms with Crippen LogP contribution in [0, 0.1) is 28.1 Å². The molecule has 0 spiro atoms. The Hall–Kier alpha value is -6.21. The molecule has 3 rings (SSSR count). The highest BCUT2D eigenvalue weighted by molar-refractivity contribution is 6.09. The molecular weight excluding hydrogens is 1250 g/mol. The van der Waals surface area contributed by atoms with E-state index in [4.69, 9.17) is 0 Å². The number of carbonyl (C=O) groups excluding carboxylic acids is 7. The molecule has 19 nitrogen and oxygen atoms in total. The van der Waals surface area contributed by atoms with Gasteiger partial charge in [0.1, 0.15) is 6.23 Å². The van der Waals surface area contributed by atoms with Crippen molar-refractivity contribution in [1.29, 1.82) is 0 Å². The van der Waals surface area contributed by atoms with E-state index in [2.05, 4.69) is 52.7 Å². The normalized spacial score (nSPS) is 14.2. The molecule has 0 aromatic heterocycles. The molecule has 6 amide bonds. The number of ketones is 1. The van der Waals surface area contributed by atoms with Crippen LogP contribution in [-0.2, 0) is 38.4 Å². The number of unbranched alkanes of at least 4 members (excludes halogenated alkanes) is 22. The van der Waals surface area contributed by atoms with Crippen LogP contribution in [0.1, 0.15) is 321 Å². The van der Waals surface area contributed by atoms with Crippen molar-refractivity contribution in [3.05, 3.63) is 71.3 Å². The minimum absolute atomic E-state index is 0.000378. The van der Waals surface area contributed by atoms with Gasteiger partial charge in [0.15, 0.2) is 5.78 Å². The first-order valence-corrected chi connectivity index (χ1v) is 38.6. The highest BCUT2D eigenvalue weighted by atomic mass is 16.4. The van der Waals surface area contributed by atoms with Crippen LogP contribution >= 0.6 is 0 Å². The molecule has 99 heavy (non-hydrogen) atoms. The van der Waals surface area contributed by atoms with Crippen LogP contribution in [-0.4, -0.2) is 125 Å². The Bertz CT molecular complexity index is 2620. The van der Waals surface area contributed by atoms with E-state index >= 15 is 0 Å². The maximum atomic E-state index is 13.4. The molecule has 0 radical (unpaired) electrons. The molecule has 2 aromatic carbocycles. The molecule has 1 saturated heterocycles. The fraction of sp³-hybridized carbons (Fsp3) is 0.738. The molecule has 0 saturated carbocycles. The number of nitrogens with one attached hydrogen (secondary N) is 6. The second-order valence-electron chi connectivity index (χ2n) is 29.5. The van der Waals surface area contributed by atoms with Gasteiger partial charge in [-0.15, -0.1) is 0 Å². The number of rotatable bonds is 57. The highest BCUT2D eigenvalue weighted by Crippen LogP contribution is 2.37.